The SMILES string of the molecule is COc1cccc(-n2c(-c3cccc(S(=O)(=O)N(C)C)c3)nn(CN3CCc4ccccc4C3)c2=S)c1. The highest BCUT2D eigenvalue weighted by molar-refractivity contribution is 7.89. The second-order valence-corrected chi connectivity index (χ2v) is 11.7. The van der Waals surface area contributed by atoms with E-state index in [1.54, 1.807) is 25.3 Å². The second kappa shape index (κ2) is 10.2. The maximum absolute atomic E-state index is 12.8. The third-order valence-corrected chi connectivity index (χ3v) is 8.77. The molecular formula is C27H29N5O3S2. The first-order valence-corrected chi connectivity index (χ1v) is 13.8. The Morgan fingerprint density at radius 1 is 1.00 bits per heavy atom. The molecule has 37 heavy (non-hydrogen) atoms. The summed E-state index contributed by atoms with van der Waals surface area (Å²) in [6.45, 7) is 2.24. The summed E-state index contributed by atoms with van der Waals surface area (Å²) in [5.74, 6) is 1.25. The van der Waals surface area contributed by atoms with Crippen molar-refractivity contribution in [1.29, 1.82) is 0 Å². The van der Waals surface area contributed by atoms with Crippen LogP contribution in [-0.4, -0.2) is 59.7 Å². The van der Waals surface area contributed by atoms with Gasteiger partial charge in [0.25, 0.3) is 0 Å². The van der Waals surface area contributed by atoms with Gasteiger partial charge in [-0.3, -0.25) is 9.47 Å². The molecule has 0 saturated carbocycles. The monoisotopic (exact) mass is 535 g/mol. The Labute approximate surface area is 222 Å². The Balaban J connectivity index is 1.60. The summed E-state index contributed by atoms with van der Waals surface area (Å²) in [5, 5.41) is 4.91. The van der Waals surface area contributed by atoms with Crippen molar-refractivity contribution in [2.75, 3.05) is 27.7 Å². The molecule has 0 radical (unpaired) electrons. The van der Waals surface area contributed by atoms with E-state index < -0.39 is 10.0 Å². The van der Waals surface area contributed by atoms with Crippen molar-refractivity contribution in [1.82, 2.24) is 23.6 Å². The fraction of sp³-hybridized carbons (Fsp3) is 0.259. The highest BCUT2D eigenvalue weighted by atomic mass is 32.2. The first kappa shape index (κ1) is 25.3. The number of fused-ring (bicyclic) bond motifs is 1. The fourth-order valence-corrected chi connectivity index (χ4v) is 5.78. The van der Waals surface area contributed by atoms with Gasteiger partial charge in [-0.15, -0.1) is 5.10 Å². The van der Waals surface area contributed by atoms with Gasteiger partial charge in [0.05, 0.1) is 24.4 Å². The Bertz CT molecular complexity index is 1610. The van der Waals surface area contributed by atoms with Crippen molar-refractivity contribution in [3.05, 3.63) is 88.7 Å². The molecular weight excluding hydrogens is 506 g/mol. The van der Waals surface area contributed by atoms with Crippen LogP contribution in [0, 0.1) is 4.77 Å². The third kappa shape index (κ3) is 4.97. The van der Waals surface area contributed by atoms with Crippen LogP contribution in [0.5, 0.6) is 5.75 Å². The van der Waals surface area contributed by atoms with Gasteiger partial charge in [-0.2, -0.15) is 0 Å². The number of aromatic nitrogens is 3. The van der Waals surface area contributed by atoms with Crippen LogP contribution in [0.4, 0.5) is 0 Å². The molecule has 5 rings (SSSR count). The van der Waals surface area contributed by atoms with Crippen molar-refractivity contribution < 1.29 is 13.2 Å². The molecule has 3 aromatic carbocycles. The summed E-state index contributed by atoms with van der Waals surface area (Å²) in [5.41, 5.74) is 4.13. The zero-order chi connectivity index (χ0) is 26.2. The predicted molar refractivity (Wildman–Crippen MR) is 146 cm³/mol. The summed E-state index contributed by atoms with van der Waals surface area (Å²) in [4.78, 5) is 2.51. The standard InChI is InChI=1S/C27H29N5O3S2/c1-29(2)37(33,34)25-13-6-10-21(16-25)26-28-31(19-30-15-14-20-8-4-5-9-22(20)18-30)27(36)32(26)23-11-7-12-24(17-23)35-3/h4-13,16-17H,14-15,18-19H2,1-3H3. The molecule has 0 bridgehead atoms. The van der Waals surface area contributed by atoms with Gasteiger partial charge < -0.3 is 4.74 Å². The molecule has 0 aliphatic carbocycles. The van der Waals surface area contributed by atoms with Crippen molar-refractivity contribution in [3.8, 4) is 22.8 Å². The minimum Gasteiger partial charge on any atom is -0.497 e. The average molecular weight is 536 g/mol. The van der Waals surface area contributed by atoms with E-state index in [0.717, 1.165) is 25.2 Å². The van der Waals surface area contributed by atoms with Gasteiger partial charge in [0.1, 0.15) is 5.75 Å². The Morgan fingerprint density at radius 2 is 1.76 bits per heavy atom. The molecule has 0 saturated heterocycles. The van der Waals surface area contributed by atoms with E-state index in [2.05, 4.69) is 29.2 Å². The maximum Gasteiger partial charge on any atom is 0.242 e. The Kier molecular flexibility index (Phi) is 7.00. The third-order valence-electron chi connectivity index (χ3n) is 6.57. The highest BCUT2D eigenvalue weighted by Gasteiger charge is 2.22. The zero-order valence-corrected chi connectivity index (χ0v) is 22.7. The lowest BCUT2D eigenvalue weighted by Crippen LogP contribution is -2.32. The molecule has 1 aromatic heterocycles. The first-order valence-electron chi connectivity index (χ1n) is 11.9. The van der Waals surface area contributed by atoms with E-state index in [0.29, 0.717) is 28.6 Å². The van der Waals surface area contributed by atoms with Gasteiger partial charge in [-0.25, -0.2) is 17.4 Å². The van der Waals surface area contributed by atoms with E-state index >= 15 is 0 Å². The van der Waals surface area contributed by atoms with Crippen LogP contribution in [-0.2, 0) is 29.7 Å². The number of benzene rings is 3. The largest absolute Gasteiger partial charge is 0.497 e. The van der Waals surface area contributed by atoms with Gasteiger partial charge in [0, 0.05) is 38.8 Å². The van der Waals surface area contributed by atoms with E-state index in [9.17, 15) is 8.42 Å². The van der Waals surface area contributed by atoms with Gasteiger partial charge in [-0.1, -0.05) is 42.5 Å². The zero-order valence-electron chi connectivity index (χ0n) is 21.0. The number of hydrogen-bond acceptors (Lipinski definition) is 6. The number of hydrogen-bond donors (Lipinski definition) is 0. The molecule has 2 heterocycles. The maximum atomic E-state index is 12.8. The first-order chi connectivity index (χ1) is 17.8. The molecule has 0 fully saturated rings. The second-order valence-electron chi connectivity index (χ2n) is 9.17. The normalized spacial score (nSPS) is 14.1. The van der Waals surface area contributed by atoms with Crippen LogP contribution in [0.3, 0.4) is 0 Å². The molecule has 8 nitrogen and oxygen atoms in total. The molecule has 0 unspecified atom stereocenters. The average Bonchev–Trinajstić information content (AvgIpc) is 3.24. The van der Waals surface area contributed by atoms with E-state index in [1.165, 1.54) is 29.5 Å². The lowest BCUT2D eigenvalue weighted by molar-refractivity contribution is 0.188. The van der Waals surface area contributed by atoms with Gasteiger partial charge in [0.15, 0.2) is 5.82 Å². The number of nitrogens with zero attached hydrogens (tertiary/aromatic N) is 5. The predicted octanol–water partition coefficient (Wildman–Crippen LogP) is 4.34. The van der Waals surface area contributed by atoms with E-state index in [4.69, 9.17) is 22.1 Å². The lowest BCUT2D eigenvalue weighted by atomic mass is 10.0. The summed E-state index contributed by atoms with van der Waals surface area (Å²) in [6, 6.07) is 22.9. The molecule has 0 amide bonds. The number of rotatable bonds is 7. The smallest absolute Gasteiger partial charge is 0.242 e. The van der Waals surface area contributed by atoms with Crippen molar-refractivity contribution >= 4 is 22.2 Å². The van der Waals surface area contributed by atoms with Crippen molar-refractivity contribution in [2.24, 2.45) is 0 Å². The summed E-state index contributed by atoms with van der Waals surface area (Å²) >= 11 is 5.94. The van der Waals surface area contributed by atoms with Crippen LogP contribution >= 0.6 is 12.2 Å². The molecule has 0 spiro atoms. The van der Waals surface area contributed by atoms with Crippen LogP contribution in [0.15, 0.2) is 77.7 Å². The summed E-state index contributed by atoms with van der Waals surface area (Å²) in [6.07, 6.45) is 0.970. The van der Waals surface area contributed by atoms with Crippen molar-refractivity contribution in [2.45, 2.75) is 24.5 Å². The molecule has 192 valence electrons. The topological polar surface area (TPSA) is 72.6 Å². The van der Waals surface area contributed by atoms with Gasteiger partial charge >= 0.3 is 0 Å². The quantitative estimate of drug-likeness (QED) is 0.328. The van der Waals surface area contributed by atoms with E-state index in [-0.39, 0.29) is 4.90 Å². The fourth-order valence-electron chi connectivity index (χ4n) is 4.54. The Hall–Kier alpha value is -3.31. The van der Waals surface area contributed by atoms with Crippen LogP contribution in [0.25, 0.3) is 17.1 Å². The summed E-state index contributed by atoms with van der Waals surface area (Å²) in [7, 11) is 1.04. The molecule has 4 aromatic rings. The van der Waals surface area contributed by atoms with Crippen LogP contribution in [0.2, 0.25) is 0 Å². The number of methoxy groups -OCH3 is 1. The number of sulfonamides is 1. The summed E-state index contributed by atoms with van der Waals surface area (Å²) < 4.78 is 36.5. The molecule has 0 N–H and O–H groups in total. The minimum absolute atomic E-state index is 0.195. The van der Waals surface area contributed by atoms with E-state index in [1.807, 2.05) is 39.6 Å². The van der Waals surface area contributed by atoms with Crippen molar-refractivity contribution in [3.63, 3.8) is 0 Å². The molecule has 1 aliphatic heterocycles. The number of ether oxygens (including phenoxy) is 1. The van der Waals surface area contributed by atoms with Gasteiger partial charge in [-0.05, 0) is 54.0 Å². The lowest BCUT2D eigenvalue weighted by Gasteiger charge is -2.28. The minimum atomic E-state index is -3.61. The Morgan fingerprint density at radius 3 is 2.51 bits per heavy atom. The molecule has 0 atom stereocenters. The van der Waals surface area contributed by atoms with Gasteiger partial charge in [0.2, 0.25) is 14.8 Å². The molecule has 1 aliphatic rings. The van der Waals surface area contributed by atoms with Crippen LogP contribution < -0.4 is 4.74 Å². The highest BCUT2D eigenvalue weighted by Crippen LogP contribution is 2.28. The van der Waals surface area contributed by atoms with Crippen LogP contribution in [0.1, 0.15) is 11.1 Å². The molecule has 10 heteroatoms.